The summed E-state index contributed by atoms with van der Waals surface area (Å²) in [6, 6.07) is 15.8. The topological polar surface area (TPSA) is 48.8 Å². The van der Waals surface area contributed by atoms with Gasteiger partial charge in [-0.3, -0.25) is 0 Å². The molecule has 0 fully saturated rings. The number of rotatable bonds is 6. The third kappa shape index (κ3) is 3.57. The summed E-state index contributed by atoms with van der Waals surface area (Å²) in [4.78, 5) is 0. The Hall–Kier alpha value is -2.36. The Bertz CT molecular complexity index is 527. The Morgan fingerprint density at radius 3 is 1.50 bits per heavy atom. The van der Waals surface area contributed by atoms with Crippen LogP contribution in [0.4, 0.5) is 22.7 Å². The van der Waals surface area contributed by atoms with E-state index < -0.39 is 0 Å². The molecule has 2 aromatic carbocycles. The minimum Gasteiger partial charge on any atom is -0.384 e. The Kier molecular flexibility index (Phi) is 5.12. The number of hydrogen-bond donors (Lipinski definition) is 2. The molecule has 0 unspecified atom stereocenters. The molecule has 2 N–H and O–H groups in total. The summed E-state index contributed by atoms with van der Waals surface area (Å²) in [7, 11) is 0. The van der Waals surface area contributed by atoms with Crippen molar-refractivity contribution in [1.29, 1.82) is 0 Å². The molecule has 2 aromatic rings. The second kappa shape index (κ2) is 7.28. The second-order valence-electron chi connectivity index (χ2n) is 4.29. The molecule has 0 heterocycles. The Morgan fingerprint density at radius 1 is 0.700 bits per heavy atom. The van der Waals surface area contributed by atoms with Gasteiger partial charge in [-0.05, 0) is 38.1 Å². The molecule has 0 aliphatic carbocycles. The molecule has 4 heteroatoms. The van der Waals surface area contributed by atoms with Crippen LogP contribution < -0.4 is 10.6 Å². The van der Waals surface area contributed by atoms with Crippen molar-refractivity contribution in [1.82, 2.24) is 0 Å². The molecule has 4 nitrogen and oxygen atoms in total. The van der Waals surface area contributed by atoms with Crippen LogP contribution in [0.3, 0.4) is 0 Å². The molecule has 0 bridgehead atoms. The lowest BCUT2D eigenvalue weighted by molar-refractivity contribution is 1.17. The summed E-state index contributed by atoms with van der Waals surface area (Å²) in [6.07, 6.45) is 0. The van der Waals surface area contributed by atoms with Crippen molar-refractivity contribution in [2.24, 2.45) is 10.2 Å². The average Bonchev–Trinajstić information content (AvgIpc) is 2.48. The first-order chi connectivity index (χ1) is 9.85. The van der Waals surface area contributed by atoms with Gasteiger partial charge in [0.2, 0.25) is 0 Å². The summed E-state index contributed by atoms with van der Waals surface area (Å²) in [5, 5.41) is 15.3. The van der Waals surface area contributed by atoms with Crippen molar-refractivity contribution in [2.45, 2.75) is 13.8 Å². The standard InChI is InChI=1S/C16H20N4/c1-3-17-13-9-5-7-11-15(13)19-20-16-12-8-6-10-14(16)18-4-2/h5-12,17-18H,3-4H2,1-2H3. The lowest BCUT2D eigenvalue weighted by Crippen LogP contribution is -1.96. The Labute approximate surface area is 119 Å². The van der Waals surface area contributed by atoms with Crippen LogP contribution >= 0.6 is 0 Å². The lowest BCUT2D eigenvalue weighted by atomic mass is 10.2. The van der Waals surface area contributed by atoms with Gasteiger partial charge in [0.1, 0.15) is 11.4 Å². The Balaban J connectivity index is 2.25. The molecule has 0 aliphatic rings. The second-order valence-corrected chi connectivity index (χ2v) is 4.29. The van der Waals surface area contributed by atoms with E-state index in [0.717, 1.165) is 35.8 Å². The van der Waals surface area contributed by atoms with Gasteiger partial charge in [-0.1, -0.05) is 24.3 Å². The van der Waals surface area contributed by atoms with Crippen molar-refractivity contribution in [3.63, 3.8) is 0 Å². The maximum Gasteiger partial charge on any atom is 0.109 e. The summed E-state index contributed by atoms with van der Waals surface area (Å²) in [5.41, 5.74) is 3.70. The highest BCUT2D eigenvalue weighted by Crippen LogP contribution is 2.29. The third-order valence-corrected chi connectivity index (χ3v) is 2.81. The number of benzene rings is 2. The van der Waals surface area contributed by atoms with E-state index in [2.05, 4.69) is 34.7 Å². The van der Waals surface area contributed by atoms with Gasteiger partial charge >= 0.3 is 0 Å². The maximum absolute atomic E-state index is 4.36. The molecule has 0 radical (unpaired) electrons. The van der Waals surface area contributed by atoms with Crippen LogP contribution in [0.15, 0.2) is 58.8 Å². The lowest BCUT2D eigenvalue weighted by Gasteiger charge is -2.07. The van der Waals surface area contributed by atoms with Gasteiger partial charge in [0.15, 0.2) is 0 Å². The predicted molar refractivity (Wildman–Crippen MR) is 85.4 cm³/mol. The summed E-state index contributed by atoms with van der Waals surface area (Å²) in [5.74, 6) is 0. The van der Waals surface area contributed by atoms with Gasteiger partial charge in [0.25, 0.3) is 0 Å². The van der Waals surface area contributed by atoms with Gasteiger partial charge in [-0.15, -0.1) is 10.2 Å². The molecule has 0 amide bonds. The first-order valence-electron chi connectivity index (χ1n) is 6.92. The van der Waals surface area contributed by atoms with E-state index in [1.807, 2.05) is 48.5 Å². The summed E-state index contributed by atoms with van der Waals surface area (Å²) >= 11 is 0. The van der Waals surface area contributed by atoms with E-state index in [1.54, 1.807) is 0 Å². The molecule has 0 saturated heterocycles. The van der Waals surface area contributed by atoms with E-state index in [1.165, 1.54) is 0 Å². The van der Waals surface area contributed by atoms with E-state index in [0.29, 0.717) is 0 Å². The minimum absolute atomic E-state index is 0.848. The van der Waals surface area contributed by atoms with Crippen molar-refractivity contribution in [3.05, 3.63) is 48.5 Å². The van der Waals surface area contributed by atoms with Crippen LogP contribution in [0.5, 0.6) is 0 Å². The molecule has 20 heavy (non-hydrogen) atoms. The van der Waals surface area contributed by atoms with Crippen molar-refractivity contribution in [2.75, 3.05) is 23.7 Å². The highest BCUT2D eigenvalue weighted by atomic mass is 15.1. The smallest absolute Gasteiger partial charge is 0.109 e. The fourth-order valence-corrected chi connectivity index (χ4v) is 1.91. The molecule has 0 aromatic heterocycles. The molecule has 104 valence electrons. The Morgan fingerprint density at radius 2 is 1.10 bits per heavy atom. The van der Waals surface area contributed by atoms with E-state index >= 15 is 0 Å². The van der Waals surface area contributed by atoms with Crippen LogP contribution in [-0.4, -0.2) is 13.1 Å². The maximum atomic E-state index is 4.36. The first-order valence-corrected chi connectivity index (χ1v) is 6.92. The number of nitrogens with one attached hydrogen (secondary N) is 2. The van der Waals surface area contributed by atoms with Crippen LogP contribution in [0.25, 0.3) is 0 Å². The average molecular weight is 268 g/mol. The molecule has 0 atom stereocenters. The van der Waals surface area contributed by atoms with Gasteiger partial charge in [0.05, 0.1) is 11.4 Å². The molecule has 0 aliphatic heterocycles. The SMILES string of the molecule is CCNc1ccccc1N=Nc1ccccc1NCC. The van der Waals surface area contributed by atoms with E-state index in [4.69, 9.17) is 0 Å². The van der Waals surface area contributed by atoms with E-state index in [-0.39, 0.29) is 0 Å². The summed E-state index contributed by atoms with van der Waals surface area (Å²) < 4.78 is 0. The fourth-order valence-electron chi connectivity index (χ4n) is 1.91. The normalized spacial score (nSPS) is 10.7. The number of para-hydroxylation sites is 2. The van der Waals surface area contributed by atoms with Crippen molar-refractivity contribution >= 4 is 22.7 Å². The fraction of sp³-hybridized carbons (Fsp3) is 0.250. The number of azo groups is 1. The first kappa shape index (κ1) is 14.1. The van der Waals surface area contributed by atoms with Crippen LogP contribution in [-0.2, 0) is 0 Å². The summed E-state index contributed by atoms with van der Waals surface area (Å²) in [6.45, 7) is 5.85. The third-order valence-electron chi connectivity index (χ3n) is 2.81. The molecule has 0 spiro atoms. The molecular formula is C16H20N4. The van der Waals surface area contributed by atoms with Crippen LogP contribution in [0.2, 0.25) is 0 Å². The zero-order valence-corrected chi connectivity index (χ0v) is 11.9. The minimum atomic E-state index is 0.848. The van der Waals surface area contributed by atoms with Gasteiger partial charge < -0.3 is 10.6 Å². The predicted octanol–water partition coefficient (Wildman–Crippen LogP) is 4.97. The van der Waals surface area contributed by atoms with Gasteiger partial charge in [-0.25, -0.2) is 0 Å². The number of hydrogen-bond acceptors (Lipinski definition) is 4. The number of nitrogens with zero attached hydrogens (tertiary/aromatic N) is 2. The van der Waals surface area contributed by atoms with Crippen LogP contribution in [0, 0.1) is 0 Å². The quantitative estimate of drug-likeness (QED) is 0.727. The van der Waals surface area contributed by atoms with Gasteiger partial charge in [-0.2, -0.15) is 0 Å². The highest BCUT2D eigenvalue weighted by molar-refractivity contribution is 5.67. The van der Waals surface area contributed by atoms with Crippen molar-refractivity contribution < 1.29 is 0 Å². The molecule has 2 rings (SSSR count). The zero-order valence-electron chi connectivity index (χ0n) is 11.9. The highest BCUT2D eigenvalue weighted by Gasteiger charge is 2.01. The molecule has 0 saturated carbocycles. The van der Waals surface area contributed by atoms with Gasteiger partial charge in [0, 0.05) is 13.1 Å². The molecular weight excluding hydrogens is 248 g/mol. The monoisotopic (exact) mass is 268 g/mol. The van der Waals surface area contributed by atoms with Crippen LogP contribution in [0.1, 0.15) is 13.8 Å². The number of anilines is 2. The van der Waals surface area contributed by atoms with Crippen molar-refractivity contribution in [3.8, 4) is 0 Å². The zero-order chi connectivity index (χ0) is 14.2. The largest absolute Gasteiger partial charge is 0.384 e. The van der Waals surface area contributed by atoms with E-state index in [9.17, 15) is 0 Å².